The minimum absolute atomic E-state index is 0.111. The van der Waals surface area contributed by atoms with Crippen LogP contribution in [0.1, 0.15) is 24.8 Å². The number of fused-ring (bicyclic) bond motifs is 5. The predicted molar refractivity (Wildman–Crippen MR) is 102 cm³/mol. The van der Waals surface area contributed by atoms with Crippen LogP contribution in [0.25, 0.3) is 0 Å². The van der Waals surface area contributed by atoms with Gasteiger partial charge in [0.2, 0.25) is 0 Å². The Morgan fingerprint density at radius 3 is 3.08 bits per heavy atom. The lowest BCUT2D eigenvalue weighted by Gasteiger charge is -2.32. The van der Waals surface area contributed by atoms with Crippen LogP contribution in [0.4, 0.5) is 0 Å². The van der Waals surface area contributed by atoms with Crippen molar-refractivity contribution >= 4 is 23.5 Å². The number of hydrogen-bond donors (Lipinski definition) is 3. The average Bonchev–Trinajstić information content (AvgIpc) is 3.29. The molecule has 2 saturated carbocycles. The summed E-state index contributed by atoms with van der Waals surface area (Å²) in [5.74, 6) is 3.71. The van der Waals surface area contributed by atoms with Gasteiger partial charge in [0.05, 0.1) is 13.3 Å². The highest BCUT2D eigenvalue weighted by Gasteiger charge is 2.52. The van der Waals surface area contributed by atoms with Crippen LogP contribution in [0.2, 0.25) is 0 Å². The first-order valence-corrected chi connectivity index (χ1v) is 9.20. The molecular weight excluding hydrogens is 334 g/mol. The molecule has 5 nitrogen and oxygen atoms in total. The van der Waals surface area contributed by atoms with Gasteiger partial charge in [-0.1, -0.05) is 12.2 Å². The normalized spacial score (nSPS) is 32.1. The van der Waals surface area contributed by atoms with Crippen molar-refractivity contribution in [1.29, 1.82) is 0 Å². The Balaban J connectivity index is 1.30. The van der Waals surface area contributed by atoms with Gasteiger partial charge in [0.25, 0.3) is 0 Å². The molecule has 5 atom stereocenters. The number of ether oxygens (including phenoxy) is 1. The number of rotatable bonds is 4. The monoisotopic (exact) mass is 357 g/mol. The van der Waals surface area contributed by atoms with E-state index in [4.69, 9.17) is 17.0 Å². The number of thiocarbonyl (C=S) groups is 1. The fraction of sp³-hybridized carbons (Fsp3) is 0.474. The Kier molecular flexibility index (Phi) is 4.37. The second kappa shape index (κ2) is 6.67. The summed E-state index contributed by atoms with van der Waals surface area (Å²) in [6.45, 7) is 0. The van der Waals surface area contributed by atoms with Gasteiger partial charge in [-0.2, -0.15) is 5.10 Å². The first-order valence-electron chi connectivity index (χ1n) is 8.79. The molecular formula is C19H23N3O2S. The Morgan fingerprint density at radius 1 is 1.36 bits per heavy atom. The van der Waals surface area contributed by atoms with Gasteiger partial charge in [0.15, 0.2) is 16.6 Å². The van der Waals surface area contributed by atoms with E-state index in [-0.39, 0.29) is 5.75 Å². The van der Waals surface area contributed by atoms with E-state index in [1.165, 1.54) is 26.4 Å². The van der Waals surface area contributed by atoms with Crippen molar-refractivity contribution in [2.45, 2.75) is 25.3 Å². The van der Waals surface area contributed by atoms with E-state index in [1.54, 1.807) is 24.4 Å². The average molecular weight is 357 g/mol. The molecule has 2 fully saturated rings. The van der Waals surface area contributed by atoms with Gasteiger partial charge in [-0.3, -0.25) is 5.43 Å². The molecule has 3 aliphatic carbocycles. The Labute approximate surface area is 153 Å². The van der Waals surface area contributed by atoms with E-state index in [2.05, 4.69) is 28.0 Å². The van der Waals surface area contributed by atoms with Crippen molar-refractivity contribution in [3.8, 4) is 11.5 Å². The van der Waals surface area contributed by atoms with Gasteiger partial charge in [0.1, 0.15) is 0 Å². The summed E-state index contributed by atoms with van der Waals surface area (Å²) < 4.78 is 5.09. The molecule has 0 spiro atoms. The standard InChI is InChI=1S/C19H23N3O2S/c1-24-18-7-11(5-6-17(18)23)10-20-22-19(25)21-16-9-12-8-15(16)14-4-2-3-13(12)14/h2,4-7,10,12-16,23H,3,8-9H2,1H3,(H2,21,22,25)/b20-10-/t12-,13-,14+,15+,16+/m0/s1. The van der Waals surface area contributed by atoms with E-state index in [0.29, 0.717) is 22.8 Å². The topological polar surface area (TPSA) is 65.9 Å². The second-order valence-electron chi connectivity index (χ2n) is 7.18. The molecule has 4 rings (SSSR count). The van der Waals surface area contributed by atoms with Crippen LogP contribution < -0.4 is 15.5 Å². The summed E-state index contributed by atoms with van der Waals surface area (Å²) in [4.78, 5) is 0. The number of hydrogen-bond acceptors (Lipinski definition) is 4. The van der Waals surface area contributed by atoms with Gasteiger partial charge >= 0.3 is 0 Å². The molecule has 1 aromatic carbocycles. The van der Waals surface area contributed by atoms with E-state index >= 15 is 0 Å². The minimum atomic E-state index is 0.111. The molecule has 3 N–H and O–H groups in total. The van der Waals surface area contributed by atoms with E-state index < -0.39 is 0 Å². The van der Waals surface area contributed by atoms with Crippen molar-refractivity contribution in [1.82, 2.24) is 10.7 Å². The van der Waals surface area contributed by atoms with Crippen molar-refractivity contribution in [3.63, 3.8) is 0 Å². The third-order valence-corrected chi connectivity index (χ3v) is 6.12. The number of nitrogens with zero attached hydrogens (tertiary/aromatic N) is 1. The molecule has 6 heteroatoms. The maximum atomic E-state index is 9.60. The number of phenols is 1. The molecule has 0 amide bonds. The largest absolute Gasteiger partial charge is 0.504 e. The highest BCUT2D eigenvalue weighted by Crippen LogP contribution is 2.56. The van der Waals surface area contributed by atoms with Crippen molar-refractivity contribution in [3.05, 3.63) is 35.9 Å². The third kappa shape index (κ3) is 3.11. The fourth-order valence-electron chi connectivity index (χ4n) is 4.85. The highest BCUT2D eigenvalue weighted by atomic mass is 32.1. The van der Waals surface area contributed by atoms with Crippen LogP contribution in [0.3, 0.4) is 0 Å². The number of benzene rings is 1. The molecule has 0 aliphatic heterocycles. The molecule has 132 valence electrons. The zero-order valence-corrected chi connectivity index (χ0v) is 15.0. The lowest BCUT2D eigenvalue weighted by molar-refractivity contribution is 0.246. The quantitative estimate of drug-likeness (QED) is 0.335. The van der Waals surface area contributed by atoms with E-state index in [9.17, 15) is 5.11 Å². The summed E-state index contributed by atoms with van der Waals surface area (Å²) in [6.07, 6.45) is 10.2. The number of methoxy groups -OCH3 is 1. The second-order valence-corrected chi connectivity index (χ2v) is 7.59. The molecule has 25 heavy (non-hydrogen) atoms. The smallest absolute Gasteiger partial charge is 0.187 e. The molecule has 0 heterocycles. The van der Waals surface area contributed by atoms with Gasteiger partial charge in [0, 0.05) is 6.04 Å². The summed E-state index contributed by atoms with van der Waals surface area (Å²) in [5.41, 5.74) is 3.72. The fourth-order valence-corrected chi connectivity index (χ4v) is 5.06. The molecule has 2 bridgehead atoms. The van der Waals surface area contributed by atoms with Gasteiger partial charge < -0.3 is 15.2 Å². The number of nitrogens with one attached hydrogen (secondary N) is 2. The zero-order valence-electron chi connectivity index (χ0n) is 14.2. The lowest BCUT2D eigenvalue weighted by Crippen LogP contribution is -2.45. The first kappa shape index (κ1) is 16.4. The van der Waals surface area contributed by atoms with Crippen molar-refractivity contribution in [2.24, 2.45) is 28.8 Å². The Morgan fingerprint density at radius 2 is 2.24 bits per heavy atom. The van der Waals surface area contributed by atoms with Crippen molar-refractivity contribution in [2.75, 3.05) is 7.11 Å². The summed E-state index contributed by atoms with van der Waals surface area (Å²) in [6, 6.07) is 5.52. The number of phenolic OH excluding ortho intramolecular Hbond substituents is 1. The SMILES string of the molecule is COc1cc(/C=N\NC(=S)N[C@@H]2C[C@@H]3C[C@@H]2[C@@H]2C=CC[C@@H]32)ccc1O. The van der Waals surface area contributed by atoms with Crippen molar-refractivity contribution < 1.29 is 9.84 Å². The molecule has 3 aliphatic rings. The maximum absolute atomic E-state index is 9.60. The Bertz CT molecular complexity index is 733. The summed E-state index contributed by atoms with van der Waals surface area (Å²) >= 11 is 5.39. The van der Waals surface area contributed by atoms with Gasteiger partial charge in [-0.25, -0.2) is 0 Å². The zero-order chi connectivity index (χ0) is 17.4. The highest BCUT2D eigenvalue weighted by molar-refractivity contribution is 7.80. The van der Waals surface area contributed by atoms with Crippen LogP contribution in [-0.4, -0.2) is 29.6 Å². The van der Waals surface area contributed by atoms with E-state index in [0.717, 1.165) is 23.3 Å². The number of aromatic hydroxyl groups is 1. The van der Waals surface area contributed by atoms with Crippen LogP contribution >= 0.6 is 12.2 Å². The minimum Gasteiger partial charge on any atom is -0.504 e. The maximum Gasteiger partial charge on any atom is 0.187 e. The molecule has 0 radical (unpaired) electrons. The number of hydrazone groups is 1. The van der Waals surface area contributed by atoms with Crippen LogP contribution in [0.15, 0.2) is 35.5 Å². The molecule has 1 aromatic rings. The van der Waals surface area contributed by atoms with Crippen LogP contribution in [-0.2, 0) is 0 Å². The van der Waals surface area contributed by atoms with Gasteiger partial charge in [-0.05, 0) is 78.9 Å². The lowest BCUT2D eigenvalue weighted by atomic mass is 9.79. The predicted octanol–water partition coefficient (Wildman–Crippen LogP) is 2.80. The number of allylic oxidation sites excluding steroid dienone is 2. The van der Waals surface area contributed by atoms with Gasteiger partial charge in [-0.15, -0.1) is 0 Å². The Hall–Kier alpha value is -2.08. The molecule has 0 saturated heterocycles. The molecule has 0 aromatic heterocycles. The van der Waals surface area contributed by atoms with Crippen LogP contribution in [0.5, 0.6) is 11.5 Å². The molecule has 0 unspecified atom stereocenters. The third-order valence-electron chi connectivity index (χ3n) is 5.91. The van der Waals surface area contributed by atoms with Crippen LogP contribution in [0, 0.1) is 23.7 Å². The van der Waals surface area contributed by atoms with E-state index in [1.807, 2.05) is 0 Å². The summed E-state index contributed by atoms with van der Waals surface area (Å²) in [5, 5.41) is 17.8. The first-order chi connectivity index (χ1) is 12.2. The summed E-state index contributed by atoms with van der Waals surface area (Å²) in [7, 11) is 1.52.